The van der Waals surface area contributed by atoms with Gasteiger partial charge in [-0.05, 0) is 0 Å². The molecule has 0 saturated carbocycles. The second-order valence-electron chi connectivity index (χ2n) is 0.597. The van der Waals surface area contributed by atoms with E-state index in [2.05, 4.69) is 11.3 Å². The van der Waals surface area contributed by atoms with Crippen LogP contribution in [-0.4, -0.2) is 3.92 Å². The molecule has 0 spiro atoms. The Hall–Kier alpha value is 0.790. The Morgan fingerprint density at radius 1 is 1.33 bits per heavy atom. The molecule has 0 aliphatic rings. The molecule has 0 amide bonds. The van der Waals surface area contributed by atoms with Crippen LogP contribution < -0.4 is 11.3 Å². The lowest BCUT2D eigenvalue weighted by molar-refractivity contribution is 0.753. The summed E-state index contributed by atoms with van der Waals surface area (Å²) < 4.78 is -1.64. The molecule has 37 valence electrons. The van der Waals surface area contributed by atoms with Crippen LogP contribution in [0, 0.1) is 0 Å². The molecule has 0 rings (SSSR count). The number of hydrogen-bond donors (Lipinski definition) is 1. The highest BCUT2D eigenvalue weighted by molar-refractivity contribution is 6.67. The molecule has 0 aromatic carbocycles. The summed E-state index contributed by atoms with van der Waals surface area (Å²) in [5.74, 6) is 4.53. The van der Waals surface area contributed by atoms with Crippen LogP contribution in [0.4, 0.5) is 0 Å². The standard InChI is InChI=1S/CH2Cl3N2/c2-1(3,4)6-5/h5H2. The monoisotopic (exact) mass is 147 g/mol. The third-order valence-electron chi connectivity index (χ3n) is 0.146. The molecule has 2 nitrogen and oxygen atoms in total. The normalized spacial score (nSPS) is 12.0. The molecule has 0 unspecified atom stereocenters. The van der Waals surface area contributed by atoms with Crippen LogP contribution in [0.2, 0.25) is 0 Å². The van der Waals surface area contributed by atoms with Crippen LogP contribution >= 0.6 is 34.8 Å². The fraction of sp³-hybridized carbons (Fsp3) is 1.00. The fourth-order valence-corrected chi connectivity index (χ4v) is 0. The second kappa shape index (κ2) is 2.19. The first-order valence-corrected chi connectivity index (χ1v) is 2.18. The number of alkyl halides is 3. The highest BCUT2D eigenvalue weighted by atomic mass is 35.6. The van der Waals surface area contributed by atoms with Crippen molar-refractivity contribution < 1.29 is 0 Å². The molecular formula is CH2Cl3N2. The summed E-state index contributed by atoms with van der Waals surface area (Å²) in [6, 6.07) is 0. The SMILES string of the molecule is N[N]C(Cl)(Cl)Cl. The minimum absolute atomic E-state index is 1.64. The number of hydrogen-bond acceptors (Lipinski definition) is 1. The molecule has 0 bridgehead atoms. The molecule has 0 atom stereocenters. The van der Waals surface area contributed by atoms with Crippen LogP contribution in [0.25, 0.3) is 0 Å². The van der Waals surface area contributed by atoms with E-state index in [1.54, 1.807) is 0 Å². The number of halogens is 3. The van der Waals surface area contributed by atoms with E-state index >= 15 is 0 Å². The van der Waals surface area contributed by atoms with Crippen molar-refractivity contribution in [1.29, 1.82) is 0 Å². The summed E-state index contributed by atoms with van der Waals surface area (Å²) >= 11 is 14.9. The Balaban J connectivity index is 3.17. The van der Waals surface area contributed by atoms with Crippen molar-refractivity contribution in [2.24, 2.45) is 5.84 Å². The largest absolute Gasteiger partial charge is 0.274 e. The zero-order valence-corrected chi connectivity index (χ0v) is 4.93. The van der Waals surface area contributed by atoms with Gasteiger partial charge in [0.05, 0.1) is 0 Å². The number of nitrogens with two attached hydrogens (primary N) is 1. The molecule has 6 heavy (non-hydrogen) atoms. The first kappa shape index (κ1) is 6.79. The molecule has 0 fully saturated rings. The Labute approximate surface area is 50.5 Å². The predicted octanol–water partition coefficient (Wildman–Crippen LogP) is 0.792. The van der Waals surface area contributed by atoms with E-state index in [-0.39, 0.29) is 0 Å². The van der Waals surface area contributed by atoms with Gasteiger partial charge in [-0.3, -0.25) is 0 Å². The molecule has 0 aromatic rings. The topological polar surface area (TPSA) is 40.1 Å². The lowest BCUT2D eigenvalue weighted by atomic mass is 11.4. The predicted molar refractivity (Wildman–Crippen MR) is 26.6 cm³/mol. The van der Waals surface area contributed by atoms with E-state index in [0.717, 1.165) is 0 Å². The minimum Gasteiger partial charge on any atom is -0.250 e. The maximum absolute atomic E-state index is 4.96. The highest BCUT2D eigenvalue weighted by Crippen LogP contribution is 2.20. The molecule has 1 radical (unpaired) electrons. The van der Waals surface area contributed by atoms with Gasteiger partial charge in [0.2, 0.25) is 0 Å². The summed E-state index contributed by atoms with van der Waals surface area (Å²) in [6.07, 6.45) is 0. The second-order valence-corrected chi connectivity index (χ2v) is 2.82. The Morgan fingerprint density at radius 2 is 1.50 bits per heavy atom. The summed E-state index contributed by atoms with van der Waals surface area (Å²) in [6.45, 7) is 0. The minimum atomic E-state index is -1.64. The van der Waals surface area contributed by atoms with E-state index in [4.69, 9.17) is 34.8 Å². The molecule has 0 saturated heterocycles. The quantitative estimate of drug-likeness (QED) is 0.235. The Morgan fingerprint density at radius 3 is 1.50 bits per heavy atom. The van der Waals surface area contributed by atoms with Gasteiger partial charge >= 0.3 is 0 Å². The van der Waals surface area contributed by atoms with Gasteiger partial charge in [0.15, 0.2) is 0 Å². The fourth-order valence-electron chi connectivity index (χ4n) is 0. The van der Waals surface area contributed by atoms with Crippen molar-refractivity contribution in [3.63, 3.8) is 0 Å². The van der Waals surface area contributed by atoms with Crippen molar-refractivity contribution in [3.8, 4) is 0 Å². The summed E-state index contributed by atoms with van der Waals surface area (Å²) in [4.78, 5) is 0. The van der Waals surface area contributed by atoms with Gasteiger partial charge in [0, 0.05) is 0 Å². The van der Waals surface area contributed by atoms with Crippen LogP contribution in [0.5, 0.6) is 0 Å². The van der Waals surface area contributed by atoms with Crippen molar-refractivity contribution in [1.82, 2.24) is 5.43 Å². The van der Waals surface area contributed by atoms with E-state index in [9.17, 15) is 0 Å². The lowest BCUT2D eigenvalue weighted by Gasteiger charge is -2.01. The van der Waals surface area contributed by atoms with Crippen LogP contribution in [0.1, 0.15) is 0 Å². The van der Waals surface area contributed by atoms with E-state index in [0.29, 0.717) is 0 Å². The average molecular weight is 148 g/mol. The summed E-state index contributed by atoms with van der Waals surface area (Å²) in [7, 11) is 0. The van der Waals surface area contributed by atoms with E-state index in [1.807, 2.05) is 0 Å². The Bertz CT molecular complexity index is 38.5. The maximum atomic E-state index is 4.96. The van der Waals surface area contributed by atoms with E-state index < -0.39 is 3.92 Å². The molecule has 0 aliphatic carbocycles. The zero-order valence-electron chi connectivity index (χ0n) is 2.66. The third kappa shape index (κ3) is 4.79. The summed E-state index contributed by atoms with van der Waals surface area (Å²) in [5.41, 5.74) is 2.82. The molecular weight excluding hydrogens is 146 g/mol. The smallest absolute Gasteiger partial charge is 0.250 e. The maximum Gasteiger partial charge on any atom is 0.274 e. The van der Waals surface area contributed by atoms with Gasteiger partial charge in [-0.15, -0.1) is 5.43 Å². The summed E-state index contributed by atoms with van der Waals surface area (Å²) in [5, 5.41) is 0. The van der Waals surface area contributed by atoms with Crippen LogP contribution in [-0.2, 0) is 0 Å². The van der Waals surface area contributed by atoms with Crippen molar-refractivity contribution in [2.45, 2.75) is 3.92 Å². The third-order valence-corrected chi connectivity index (χ3v) is 0.439. The van der Waals surface area contributed by atoms with Gasteiger partial charge in [-0.1, -0.05) is 34.8 Å². The van der Waals surface area contributed by atoms with Crippen LogP contribution in [0.3, 0.4) is 0 Å². The van der Waals surface area contributed by atoms with Gasteiger partial charge in [0.1, 0.15) is 0 Å². The Kier molecular flexibility index (Phi) is 2.48. The number of nitrogens with zero attached hydrogens (tertiary/aromatic N) is 1. The molecule has 0 aromatic heterocycles. The van der Waals surface area contributed by atoms with E-state index in [1.165, 1.54) is 0 Å². The highest BCUT2D eigenvalue weighted by Gasteiger charge is 2.16. The van der Waals surface area contributed by atoms with Crippen molar-refractivity contribution in [2.75, 3.05) is 0 Å². The molecule has 5 heteroatoms. The first-order valence-electron chi connectivity index (χ1n) is 1.05. The average Bonchev–Trinajstić information content (AvgIpc) is 1.35. The molecule has 0 heterocycles. The van der Waals surface area contributed by atoms with Crippen LogP contribution in [0.15, 0.2) is 0 Å². The number of rotatable bonds is 0. The van der Waals surface area contributed by atoms with Gasteiger partial charge in [0.25, 0.3) is 3.92 Å². The van der Waals surface area contributed by atoms with Gasteiger partial charge in [-0.25, -0.2) is 5.84 Å². The zero-order chi connectivity index (χ0) is 5.21. The molecule has 2 N–H and O–H groups in total. The first-order chi connectivity index (χ1) is 2.56. The van der Waals surface area contributed by atoms with Gasteiger partial charge < -0.3 is 0 Å². The van der Waals surface area contributed by atoms with Crippen molar-refractivity contribution in [3.05, 3.63) is 0 Å². The lowest BCUT2D eigenvalue weighted by Crippen LogP contribution is -2.26. The van der Waals surface area contributed by atoms with Gasteiger partial charge in [-0.2, -0.15) is 0 Å². The molecule has 0 aliphatic heterocycles. The van der Waals surface area contributed by atoms with Crippen molar-refractivity contribution >= 4 is 34.8 Å².